The van der Waals surface area contributed by atoms with Gasteiger partial charge < -0.3 is 15.0 Å². The van der Waals surface area contributed by atoms with Gasteiger partial charge in [0.2, 0.25) is 11.9 Å². The van der Waals surface area contributed by atoms with Crippen molar-refractivity contribution in [3.05, 3.63) is 12.4 Å². The molecule has 1 aromatic heterocycles. The van der Waals surface area contributed by atoms with Gasteiger partial charge in [-0.1, -0.05) is 0 Å². The van der Waals surface area contributed by atoms with E-state index in [2.05, 4.69) is 20.2 Å². The molecule has 2 heterocycles. The molecule has 0 radical (unpaired) electrons. The van der Waals surface area contributed by atoms with E-state index in [4.69, 9.17) is 4.74 Å². The first-order valence-corrected chi connectivity index (χ1v) is 5.18. The van der Waals surface area contributed by atoms with Crippen LogP contribution in [0.2, 0.25) is 0 Å². The third-order valence-electron chi connectivity index (χ3n) is 2.25. The van der Waals surface area contributed by atoms with Crippen LogP contribution in [0.1, 0.15) is 6.92 Å². The van der Waals surface area contributed by atoms with E-state index < -0.39 is 0 Å². The molecule has 0 aromatic carbocycles. The smallest absolute Gasteiger partial charge is 0.225 e. The predicted molar refractivity (Wildman–Crippen MR) is 59.4 cm³/mol. The number of nitrogens with zero attached hydrogens (tertiary/aromatic N) is 3. The van der Waals surface area contributed by atoms with E-state index >= 15 is 0 Å². The van der Waals surface area contributed by atoms with E-state index in [1.165, 1.54) is 6.92 Å². The lowest BCUT2D eigenvalue weighted by Crippen LogP contribution is -2.37. The summed E-state index contributed by atoms with van der Waals surface area (Å²) in [4.78, 5) is 21.3. The Morgan fingerprint density at radius 3 is 2.56 bits per heavy atom. The molecule has 16 heavy (non-hydrogen) atoms. The zero-order valence-corrected chi connectivity index (χ0v) is 9.14. The quantitative estimate of drug-likeness (QED) is 0.778. The number of aromatic nitrogens is 2. The number of nitrogens with one attached hydrogen (secondary N) is 1. The van der Waals surface area contributed by atoms with Gasteiger partial charge in [-0.05, 0) is 0 Å². The lowest BCUT2D eigenvalue weighted by atomic mass is 10.4. The number of ether oxygens (including phenoxy) is 1. The monoisotopic (exact) mass is 222 g/mol. The lowest BCUT2D eigenvalue weighted by Gasteiger charge is -2.26. The molecule has 1 N–H and O–H groups in total. The largest absolute Gasteiger partial charge is 0.378 e. The van der Waals surface area contributed by atoms with Gasteiger partial charge in [0.1, 0.15) is 0 Å². The molecule has 0 atom stereocenters. The molecule has 0 aliphatic carbocycles. The van der Waals surface area contributed by atoms with Gasteiger partial charge in [0.15, 0.2) is 0 Å². The van der Waals surface area contributed by atoms with Crippen molar-refractivity contribution in [2.24, 2.45) is 0 Å². The molecule has 0 saturated carbocycles. The van der Waals surface area contributed by atoms with E-state index in [1.807, 2.05) is 0 Å². The number of carbonyl (C=O) groups excluding carboxylic acids is 1. The zero-order chi connectivity index (χ0) is 11.4. The van der Waals surface area contributed by atoms with Gasteiger partial charge in [-0.15, -0.1) is 0 Å². The summed E-state index contributed by atoms with van der Waals surface area (Å²) in [5.74, 6) is 0.556. The summed E-state index contributed by atoms with van der Waals surface area (Å²) in [6.07, 6.45) is 3.22. The molecule has 86 valence electrons. The van der Waals surface area contributed by atoms with Crippen LogP contribution in [-0.4, -0.2) is 42.2 Å². The molecule has 1 saturated heterocycles. The van der Waals surface area contributed by atoms with Crippen molar-refractivity contribution in [2.45, 2.75) is 6.92 Å². The second-order valence-electron chi connectivity index (χ2n) is 3.55. The number of anilines is 2. The van der Waals surface area contributed by atoms with Gasteiger partial charge in [-0.2, -0.15) is 0 Å². The van der Waals surface area contributed by atoms with Crippen molar-refractivity contribution in [2.75, 3.05) is 36.5 Å². The minimum atomic E-state index is -0.122. The van der Waals surface area contributed by atoms with Gasteiger partial charge in [-0.3, -0.25) is 4.79 Å². The van der Waals surface area contributed by atoms with Crippen LogP contribution >= 0.6 is 0 Å². The van der Waals surface area contributed by atoms with Crippen LogP contribution in [-0.2, 0) is 9.53 Å². The van der Waals surface area contributed by atoms with Crippen LogP contribution in [0, 0.1) is 0 Å². The number of morpholine rings is 1. The molecular weight excluding hydrogens is 208 g/mol. The number of hydrogen-bond donors (Lipinski definition) is 1. The fraction of sp³-hybridized carbons (Fsp3) is 0.500. The van der Waals surface area contributed by atoms with Crippen LogP contribution in [0.4, 0.5) is 11.6 Å². The minimum Gasteiger partial charge on any atom is -0.378 e. The van der Waals surface area contributed by atoms with E-state index in [-0.39, 0.29) is 5.91 Å². The van der Waals surface area contributed by atoms with Crippen LogP contribution in [0.3, 0.4) is 0 Å². The second-order valence-corrected chi connectivity index (χ2v) is 3.55. The van der Waals surface area contributed by atoms with Crippen LogP contribution in [0.5, 0.6) is 0 Å². The van der Waals surface area contributed by atoms with Gasteiger partial charge >= 0.3 is 0 Å². The SMILES string of the molecule is CC(=O)Nc1cnc(N2CCOCC2)nc1. The maximum atomic E-state index is 10.8. The summed E-state index contributed by atoms with van der Waals surface area (Å²) < 4.78 is 5.24. The number of carbonyl (C=O) groups is 1. The van der Waals surface area contributed by atoms with E-state index in [1.54, 1.807) is 12.4 Å². The van der Waals surface area contributed by atoms with E-state index in [0.717, 1.165) is 13.1 Å². The fourth-order valence-electron chi connectivity index (χ4n) is 1.52. The molecule has 6 nitrogen and oxygen atoms in total. The highest BCUT2D eigenvalue weighted by Crippen LogP contribution is 2.11. The van der Waals surface area contributed by atoms with Gasteiger partial charge in [-0.25, -0.2) is 9.97 Å². The lowest BCUT2D eigenvalue weighted by molar-refractivity contribution is -0.114. The summed E-state index contributed by atoms with van der Waals surface area (Å²) in [6, 6.07) is 0. The topological polar surface area (TPSA) is 67.4 Å². The maximum Gasteiger partial charge on any atom is 0.225 e. The Balaban J connectivity index is 2.03. The average molecular weight is 222 g/mol. The molecule has 1 fully saturated rings. The van der Waals surface area contributed by atoms with Crippen molar-refractivity contribution in [3.63, 3.8) is 0 Å². The van der Waals surface area contributed by atoms with Crippen molar-refractivity contribution in [3.8, 4) is 0 Å². The third-order valence-corrected chi connectivity index (χ3v) is 2.25. The maximum absolute atomic E-state index is 10.8. The minimum absolute atomic E-state index is 0.122. The fourth-order valence-corrected chi connectivity index (χ4v) is 1.52. The molecule has 1 aliphatic heterocycles. The summed E-state index contributed by atoms with van der Waals surface area (Å²) in [5.41, 5.74) is 0.615. The summed E-state index contributed by atoms with van der Waals surface area (Å²) in [5, 5.41) is 2.63. The summed E-state index contributed by atoms with van der Waals surface area (Å²) in [6.45, 7) is 4.47. The molecule has 0 spiro atoms. The first-order valence-electron chi connectivity index (χ1n) is 5.18. The molecule has 1 aliphatic rings. The molecule has 0 bridgehead atoms. The molecule has 2 rings (SSSR count). The Morgan fingerprint density at radius 2 is 2.00 bits per heavy atom. The molecule has 1 amide bonds. The zero-order valence-electron chi connectivity index (χ0n) is 9.14. The Hall–Kier alpha value is -1.69. The summed E-state index contributed by atoms with van der Waals surface area (Å²) >= 11 is 0. The highest BCUT2D eigenvalue weighted by atomic mass is 16.5. The first-order chi connectivity index (χ1) is 7.75. The number of rotatable bonds is 2. The molecule has 0 unspecified atom stereocenters. The predicted octanol–water partition coefficient (Wildman–Crippen LogP) is 0.272. The molecular formula is C10H14N4O2. The van der Waals surface area contributed by atoms with E-state index in [0.29, 0.717) is 24.8 Å². The third kappa shape index (κ3) is 2.66. The van der Waals surface area contributed by atoms with Crippen molar-refractivity contribution < 1.29 is 9.53 Å². The average Bonchev–Trinajstić information content (AvgIpc) is 2.30. The Labute approximate surface area is 93.6 Å². The Kier molecular flexibility index (Phi) is 3.31. The number of amides is 1. The van der Waals surface area contributed by atoms with Gasteiger partial charge in [0, 0.05) is 20.0 Å². The normalized spacial score (nSPS) is 15.9. The van der Waals surface area contributed by atoms with Crippen molar-refractivity contribution >= 4 is 17.5 Å². The summed E-state index contributed by atoms with van der Waals surface area (Å²) in [7, 11) is 0. The second kappa shape index (κ2) is 4.89. The van der Waals surface area contributed by atoms with Crippen LogP contribution in [0.25, 0.3) is 0 Å². The van der Waals surface area contributed by atoms with Crippen molar-refractivity contribution in [1.29, 1.82) is 0 Å². The van der Waals surface area contributed by atoms with Gasteiger partial charge in [0.05, 0.1) is 31.3 Å². The Morgan fingerprint density at radius 1 is 1.38 bits per heavy atom. The molecule has 6 heteroatoms. The van der Waals surface area contributed by atoms with Gasteiger partial charge in [0.25, 0.3) is 0 Å². The van der Waals surface area contributed by atoms with E-state index in [9.17, 15) is 4.79 Å². The number of hydrogen-bond acceptors (Lipinski definition) is 5. The standard InChI is InChI=1S/C10H14N4O2/c1-8(15)13-9-6-11-10(12-7-9)14-2-4-16-5-3-14/h6-7H,2-5H2,1H3,(H,13,15). The van der Waals surface area contributed by atoms with Crippen LogP contribution in [0.15, 0.2) is 12.4 Å². The highest BCUT2D eigenvalue weighted by Gasteiger charge is 2.13. The molecule has 1 aromatic rings. The Bertz CT molecular complexity index is 360. The van der Waals surface area contributed by atoms with Crippen molar-refractivity contribution in [1.82, 2.24) is 9.97 Å². The highest BCUT2D eigenvalue weighted by molar-refractivity contribution is 5.88. The van der Waals surface area contributed by atoms with Crippen LogP contribution < -0.4 is 10.2 Å². The first kappa shape index (κ1) is 10.8.